The van der Waals surface area contributed by atoms with Crippen LogP contribution < -0.4 is 10.6 Å². The third-order valence-corrected chi connectivity index (χ3v) is 5.43. The molecule has 114 valence electrons. The average molecular weight is 331 g/mol. The molecule has 8 heteroatoms. The molecule has 0 aliphatic carbocycles. The quantitative estimate of drug-likeness (QED) is 0.521. The van der Waals surface area contributed by atoms with Crippen LogP contribution in [0.4, 0.5) is 0 Å². The smallest absolute Gasteiger partial charge is 0.134 e. The molecule has 6 nitrogen and oxygen atoms in total. The third kappa shape index (κ3) is 4.63. The van der Waals surface area contributed by atoms with Crippen LogP contribution in [0.15, 0.2) is 54.6 Å². The Balaban J connectivity index is 0.000000491. The summed E-state index contributed by atoms with van der Waals surface area (Å²) in [6.07, 6.45) is 0. The summed E-state index contributed by atoms with van der Waals surface area (Å²) in [5, 5.41) is 0.331. The van der Waals surface area contributed by atoms with Gasteiger partial charge in [-0.05, 0) is 0 Å². The van der Waals surface area contributed by atoms with E-state index in [4.69, 9.17) is 14.4 Å². The third-order valence-electron chi connectivity index (χ3n) is 2.79. The van der Waals surface area contributed by atoms with E-state index in [9.17, 15) is 14.7 Å². The van der Waals surface area contributed by atoms with Gasteiger partial charge in [-0.2, -0.15) is 0 Å². The minimum Gasteiger partial charge on any atom is -0.134 e. The van der Waals surface area contributed by atoms with Gasteiger partial charge in [0.2, 0.25) is 0 Å². The molecule has 0 fully saturated rings. The van der Waals surface area contributed by atoms with E-state index in [-0.39, 0.29) is 10.6 Å². The summed E-state index contributed by atoms with van der Waals surface area (Å²) >= 11 is 0. The SMILES string of the molecule is Cc1ccccc1P(O)(O)(O)c1ccccc1.O=[P+](O)O. The minimum absolute atomic E-state index is 0.146. The van der Waals surface area contributed by atoms with Crippen molar-refractivity contribution in [3.05, 3.63) is 60.2 Å². The van der Waals surface area contributed by atoms with E-state index in [0.717, 1.165) is 0 Å². The van der Waals surface area contributed by atoms with Gasteiger partial charge >= 0.3 is 108 Å². The van der Waals surface area contributed by atoms with E-state index in [1.165, 1.54) is 12.1 Å². The molecule has 21 heavy (non-hydrogen) atoms. The first-order valence-corrected chi connectivity index (χ1v) is 9.13. The Bertz CT molecular complexity index is 617. The van der Waals surface area contributed by atoms with Gasteiger partial charge in [0.15, 0.2) is 0 Å². The molecular formula is C13H17O6P2+. The molecule has 0 bridgehead atoms. The first-order chi connectivity index (χ1) is 9.63. The minimum atomic E-state index is -4.98. The van der Waals surface area contributed by atoms with Crippen LogP contribution in [0.3, 0.4) is 0 Å². The van der Waals surface area contributed by atoms with Crippen molar-refractivity contribution in [2.45, 2.75) is 6.92 Å². The van der Waals surface area contributed by atoms with Gasteiger partial charge in [-0.1, -0.05) is 0 Å². The Labute approximate surface area is 123 Å². The van der Waals surface area contributed by atoms with Crippen LogP contribution in [0.1, 0.15) is 5.56 Å². The van der Waals surface area contributed by atoms with E-state index >= 15 is 0 Å². The van der Waals surface area contributed by atoms with Crippen LogP contribution in [0.2, 0.25) is 0 Å². The normalized spacial score (nSPS) is 12.6. The predicted molar refractivity (Wildman–Crippen MR) is 82.5 cm³/mol. The maximum Gasteiger partial charge on any atom is 0.692 e. The summed E-state index contributed by atoms with van der Waals surface area (Å²) in [4.78, 5) is 45.3. The zero-order valence-electron chi connectivity index (χ0n) is 11.2. The monoisotopic (exact) mass is 331 g/mol. The number of rotatable bonds is 2. The fourth-order valence-electron chi connectivity index (χ4n) is 1.87. The zero-order valence-corrected chi connectivity index (χ0v) is 13.0. The molecule has 2 aromatic rings. The second-order valence-corrected chi connectivity index (χ2v) is 7.82. The van der Waals surface area contributed by atoms with E-state index in [1.807, 2.05) is 0 Å². The Morgan fingerprint density at radius 3 is 1.76 bits per heavy atom. The summed E-state index contributed by atoms with van der Waals surface area (Å²) in [5.41, 5.74) is 0.654. The Morgan fingerprint density at radius 2 is 1.29 bits per heavy atom. The number of aryl methyl sites for hydroxylation is 1. The van der Waals surface area contributed by atoms with E-state index in [1.54, 1.807) is 49.4 Å². The van der Waals surface area contributed by atoms with Gasteiger partial charge in [-0.3, -0.25) is 0 Å². The summed E-state index contributed by atoms with van der Waals surface area (Å²) < 4.78 is 8.70. The second-order valence-electron chi connectivity index (χ2n) is 4.35. The maximum atomic E-state index is 10.3. The molecule has 0 aromatic heterocycles. The second kappa shape index (κ2) is 6.69. The van der Waals surface area contributed by atoms with Crippen molar-refractivity contribution in [2.24, 2.45) is 0 Å². The number of hydrogen-bond acceptors (Lipinski definition) is 4. The molecular weight excluding hydrogens is 314 g/mol. The summed E-state index contributed by atoms with van der Waals surface area (Å²) in [5.74, 6) is 0. The maximum absolute atomic E-state index is 10.3. The molecule has 0 radical (unpaired) electrons. The summed E-state index contributed by atoms with van der Waals surface area (Å²) in [6.45, 7) is 1.74. The van der Waals surface area contributed by atoms with Crippen molar-refractivity contribution in [2.75, 3.05) is 0 Å². The van der Waals surface area contributed by atoms with Gasteiger partial charge in [-0.15, -0.1) is 9.79 Å². The first-order valence-electron chi connectivity index (χ1n) is 5.87. The van der Waals surface area contributed by atoms with Crippen molar-refractivity contribution in [3.63, 3.8) is 0 Å². The summed E-state index contributed by atoms with van der Waals surface area (Å²) in [7, 11) is -7.85. The van der Waals surface area contributed by atoms with Crippen molar-refractivity contribution in [3.8, 4) is 0 Å². The molecule has 0 atom stereocenters. The zero-order chi connectivity index (χ0) is 16.1. The summed E-state index contributed by atoms with van der Waals surface area (Å²) in [6, 6.07) is 14.9. The van der Waals surface area contributed by atoms with Crippen molar-refractivity contribution in [1.29, 1.82) is 0 Å². The molecule has 2 rings (SSSR count). The molecule has 5 N–H and O–H groups in total. The Kier molecular flexibility index (Phi) is 5.68. The van der Waals surface area contributed by atoms with Gasteiger partial charge in [0.1, 0.15) is 0 Å². The van der Waals surface area contributed by atoms with Gasteiger partial charge in [0.05, 0.1) is 0 Å². The fourth-order valence-corrected chi connectivity index (χ4v) is 3.95. The molecule has 0 aliphatic rings. The van der Waals surface area contributed by atoms with Crippen molar-refractivity contribution >= 4 is 26.1 Å². The van der Waals surface area contributed by atoms with E-state index in [2.05, 4.69) is 0 Å². The number of benzene rings is 2. The van der Waals surface area contributed by atoms with Crippen LogP contribution in [0.5, 0.6) is 0 Å². The van der Waals surface area contributed by atoms with E-state index < -0.39 is 15.5 Å². The first kappa shape index (κ1) is 17.8. The molecule has 0 unspecified atom stereocenters. The molecule has 0 aliphatic heterocycles. The standard InChI is InChI=1S/C13H15O3P.HO3P/c1-11-7-5-6-10-13(11)17(14,15,16)12-8-3-2-4-9-12;1-4(2)3/h2-10,14-16H,1H3;(H-,1,2,3)/p+1. The molecule has 0 saturated carbocycles. The fraction of sp³-hybridized carbons (Fsp3) is 0.0769. The Morgan fingerprint density at radius 1 is 0.857 bits per heavy atom. The molecule has 0 heterocycles. The van der Waals surface area contributed by atoms with Gasteiger partial charge in [-0.25, -0.2) is 0 Å². The van der Waals surface area contributed by atoms with Gasteiger partial charge < -0.3 is 0 Å². The van der Waals surface area contributed by atoms with Crippen molar-refractivity contribution in [1.82, 2.24) is 0 Å². The van der Waals surface area contributed by atoms with Gasteiger partial charge in [0, 0.05) is 4.57 Å². The van der Waals surface area contributed by atoms with Crippen LogP contribution in [-0.2, 0) is 4.57 Å². The number of hydrogen-bond donors (Lipinski definition) is 5. The van der Waals surface area contributed by atoms with Crippen LogP contribution in [-0.4, -0.2) is 24.5 Å². The van der Waals surface area contributed by atoms with Crippen LogP contribution in [0.25, 0.3) is 0 Å². The van der Waals surface area contributed by atoms with Gasteiger partial charge in [0.25, 0.3) is 0 Å². The van der Waals surface area contributed by atoms with E-state index in [0.29, 0.717) is 5.56 Å². The molecule has 0 spiro atoms. The predicted octanol–water partition coefficient (Wildman–Crippen LogP) is 0.849. The van der Waals surface area contributed by atoms with Crippen LogP contribution in [0, 0.1) is 6.92 Å². The molecule has 0 amide bonds. The average Bonchev–Trinajstić information content (AvgIpc) is 2.39. The Hall–Kier alpha value is -1.23. The molecule has 2 aromatic carbocycles. The van der Waals surface area contributed by atoms with Crippen LogP contribution >= 0.6 is 15.5 Å². The molecule has 0 saturated heterocycles. The topological polar surface area (TPSA) is 118 Å². The van der Waals surface area contributed by atoms with Crippen molar-refractivity contribution < 1.29 is 29.0 Å². The largest absolute Gasteiger partial charge is 0.692 e.